The topological polar surface area (TPSA) is 119 Å². The minimum atomic E-state index is -1.35. The largest absolute Gasteiger partial charge is 0.479 e. The van der Waals surface area contributed by atoms with Gasteiger partial charge in [0.05, 0.1) is 12.9 Å². The lowest BCUT2D eigenvalue weighted by Gasteiger charge is -2.22. The highest BCUT2D eigenvalue weighted by Crippen LogP contribution is 2.19. The zero-order valence-corrected chi connectivity index (χ0v) is 10.3. The zero-order chi connectivity index (χ0) is 13.9. The standard InChI is InChI=1S/C11H16N4O4/c12-2-3-15-5-8(13-7-15)9(16)14-11(10(17)18)1-4-19-6-11/h5,7H,1-4,6,12H2,(H,14,16)(H,17,18). The van der Waals surface area contributed by atoms with E-state index in [1.807, 2.05) is 0 Å². The summed E-state index contributed by atoms with van der Waals surface area (Å²) in [6.45, 7) is 1.27. The maximum atomic E-state index is 12.0. The number of carbonyl (C=O) groups excluding carboxylic acids is 1. The van der Waals surface area contributed by atoms with E-state index in [-0.39, 0.29) is 18.7 Å². The average molecular weight is 268 g/mol. The number of carboxylic acid groups (broad SMARTS) is 1. The van der Waals surface area contributed by atoms with E-state index in [2.05, 4.69) is 10.3 Å². The maximum absolute atomic E-state index is 12.0. The SMILES string of the molecule is NCCn1cnc(C(=O)NC2(C(=O)O)CCOC2)c1. The number of aromatic nitrogens is 2. The molecule has 1 fully saturated rings. The van der Waals surface area contributed by atoms with Crippen LogP contribution in [0.2, 0.25) is 0 Å². The first kappa shape index (κ1) is 13.5. The Hall–Kier alpha value is -1.93. The summed E-state index contributed by atoms with van der Waals surface area (Å²) in [5.41, 5.74) is 4.21. The van der Waals surface area contributed by atoms with Crippen molar-refractivity contribution in [2.24, 2.45) is 5.73 Å². The van der Waals surface area contributed by atoms with Crippen molar-refractivity contribution in [2.45, 2.75) is 18.5 Å². The molecular formula is C11H16N4O4. The molecule has 104 valence electrons. The fourth-order valence-electron chi connectivity index (χ4n) is 1.92. The molecule has 1 saturated heterocycles. The number of carboxylic acids is 1. The number of aliphatic carboxylic acids is 1. The van der Waals surface area contributed by atoms with Crippen LogP contribution in [0, 0.1) is 0 Å². The van der Waals surface area contributed by atoms with Gasteiger partial charge >= 0.3 is 5.97 Å². The maximum Gasteiger partial charge on any atom is 0.331 e. The average Bonchev–Trinajstić information content (AvgIpc) is 2.99. The number of amides is 1. The zero-order valence-electron chi connectivity index (χ0n) is 10.3. The molecule has 2 rings (SSSR count). The van der Waals surface area contributed by atoms with Gasteiger partial charge in [0.15, 0.2) is 5.54 Å². The number of rotatable bonds is 5. The van der Waals surface area contributed by atoms with E-state index in [9.17, 15) is 14.7 Å². The summed E-state index contributed by atoms with van der Waals surface area (Å²) < 4.78 is 6.74. The lowest BCUT2D eigenvalue weighted by Crippen LogP contribution is -2.55. The van der Waals surface area contributed by atoms with E-state index in [1.165, 1.54) is 12.5 Å². The third-order valence-electron chi connectivity index (χ3n) is 3.04. The van der Waals surface area contributed by atoms with Crippen molar-refractivity contribution in [3.63, 3.8) is 0 Å². The van der Waals surface area contributed by atoms with E-state index in [0.717, 1.165) is 0 Å². The first-order valence-corrected chi connectivity index (χ1v) is 5.93. The van der Waals surface area contributed by atoms with Crippen molar-refractivity contribution in [1.29, 1.82) is 0 Å². The number of nitrogens with zero attached hydrogens (tertiary/aromatic N) is 2. The van der Waals surface area contributed by atoms with Crippen LogP contribution in [0.1, 0.15) is 16.9 Å². The summed E-state index contributed by atoms with van der Waals surface area (Å²) >= 11 is 0. The molecule has 1 aromatic heterocycles. The molecule has 0 saturated carbocycles. The Morgan fingerprint density at radius 1 is 1.63 bits per heavy atom. The van der Waals surface area contributed by atoms with Crippen molar-refractivity contribution >= 4 is 11.9 Å². The Labute approximate surface area is 109 Å². The Balaban J connectivity index is 2.08. The van der Waals surface area contributed by atoms with Gasteiger partial charge in [-0.15, -0.1) is 0 Å². The molecule has 8 heteroatoms. The molecule has 1 amide bonds. The molecule has 0 aliphatic carbocycles. The van der Waals surface area contributed by atoms with Gasteiger partial charge in [-0.25, -0.2) is 9.78 Å². The second-order valence-corrected chi connectivity index (χ2v) is 4.43. The van der Waals surface area contributed by atoms with Crippen molar-refractivity contribution in [1.82, 2.24) is 14.9 Å². The van der Waals surface area contributed by atoms with Crippen LogP contribution >= 0.6 is 0 Å². The van der Waals surface area contributed by atoms with Crippen molar-refractivity contribution in [3.05, 3.63) is 18.2 Å². The minimum absolute atomic E-state index is 0.0302. The highest BCUT2D eigenvalue weighted by Gasteiger charge is 2.44. The van der Waals surface area contributed by atoms with E-state index in [1.54, 1.807) is 4.57 Å². The fourth-order valence-corrected chi connectivity index (χ4v) is 1.92. The molecule has 0 bridgehead atoms. The molecule has 8 nitrogen and oxygen atoms in total. The van der Waals surface area contributed by atoms with Crippen molar-refractivity contribution in [3.8, 4) is 0 Å². The molecule has 1 atom stereocenters. The van der Waals surface area contributed by atoms with Gasteiger partial charge in [-0.3, -0.25) is 4.79 Å². The molecule has 4 N–H and O–H groups in total. The molecular weight excluding hydrogens is 252 g/mol. The van der Waals surface area contributed by atoms with Gasteiger partial charge in [0.1, 0.15) is 5.69 Å². The van der Waals surface area contributed by atoms with Crippen LogP contribution in [-0.4, -0.2) is 51.8 Å². The normalized spacial score (nSPS) is 22.4. The van der Waals surface area contributed by atoms with Crippen LogP contribution in [-0.2, 0) is 16.1 Å². The summed E-state index contributed by atoms with van der Waals surface area (Å²) in [6, 6.07) is 0. The van der Waals surface area contributed by atoms with E-state index in [0.29, 0.717) is 19.7 Å². The summed E-state index contributed by atoms with van der Waals surface area (Å²) in [4.78, 5) is 27.2. The molecule has 0 radical (unpaired) electrons. The van der Waals surface area contributed by atoms with Gasteiger partial charge in [-0.05, 0) is 0 Å². The van der Waals surface area contributed by atoms with Crippen LogP contribution in [0.4, 0.5) is 0 Å². The summed E-state index contributed by atoms with van der Waals surface area (Å²) in [5.74, 6) is -1.62. The number of hydrogen-bond donors (Lipinski definition) is 3. The van der Waals surface area contributed by atoms with Crippen LogP contribution in [0.3, 0.4) is 0 Å². The monoisotopic (exact) mass is 268 g/mol. The summed E-state index contributed by atoms with van der Waals surface area (Å²) in [7, 11) is 0. The predicted octanol–water partition coefficient (Wildman–Crippen LogP) is -1.18. The lowest BCUT2D eigenvalue weighted by molar-refractivity contribution is -0.144. The smallest absolute Gasteiger partial charge is 0.331 e. The quantitative estimate of drug-likeness (QED) is 0.618. The first-order chi connectivity index (χ1) is 9.07. The molecule has 2 heterocycles. The number of carbonyl (C=O) groups is 2. The molecule has 1 aliphatic rings. The van der Waals surface area contributed by atoms with Crippen LogP contribution < -0.4 is 11.1 Å². The van der Waals surface area contributed by atoms with Gasteiger partial charge in [0, 0.05) is 32.3 Å². The van der Waals surface area contributed by atoms with E-state index in [4.69, 9.17) is 10.5 Å². The first-order valence-electron chi connectivity index (χ1n) is 5.93. The van der Waals surface area contributed by atoms with E-state index >= 15 is 0 Å². The number of nitrogens with one attached hydrogen (secondary N) is 1. The highest BCUT2D eigenvalue weighted by molar-refractivity contribution is 5.96. The van der Waals surface area contributed by atoms with Gasteiger partial charge < -0.3 is 25.5 Å². The molecule has 1 unspecified atom stereocenters. The van der Waals surface area contributed by atoms with Gasteiger partial charge in [0.25, 0.3) is 5.91 Å². The van der Waals surface area contributed by atoms with Gasteiger partial charge in [-0.1, -0.05) is 0 Å². The van der Waals surface area contributed by atoms with Gasteiger partial charge in [-0.2, -0.15) is 0 Å². The second-order valence-electron chi connectivity index (χ2n) is 4.43. The Bertz CT molecular complexity index is 479. The number of ether oxygens (including phenoxy) is 1. The Morgan fingerprint density at radius 3 is 3.00 bits per heavy atom. The molecule has 0 aromatic carbocycles. The molecule has 1 aliphatic heterocycles. The second kappa shape index (κ2) is 5.37. The highest BCUT2D eigenvalue weighted by atomic mass is 16.5. The summed E-state index contributed by atoms with van der Waals surface area (Å²) in [6.07, 6.45) is 3.27. The third kappa shape index (κ3) is 2.74. The molecule has 1 aromatic rings. The van der Waals surface area contributed by atoms with Crippen LogP contribution in [0.25, 0.3) is 0 Å². The minimum Gasteiger partial charge on any atom is -0.479 e. The lowest BCUT2D eigenvalue weighted by atomic mass is 9.99. The molecule has 0 spiro atoms. The Morgan fingerprint density at radius 2 is 2.42 bits per heavy atom. The number of imidazole rings is 1. The number of nitrogens with two attached hydrogens (primary N) is 1. The van der Waals surface area contributed by atoms with Crippen molar-refractivity contribution in [2.75, 3.05) is 19.8 Å². The van der Waals surface area contributed by atoms with Gasteiger partial charge in [0.2, 0.25) is 0 Å². The van der Waals surface area contributed by atoms with E-state index < -0.39 is 17.4 Å². The fraction of sp³-hybridized carbons (Fsp3) is 0.545. The van der Waals surface area contributed by atoms with Crippen molar-refractivity contribution < 1.29 is 19.4 Å². The molecule has 19 heavy (non-hydrogen) atoms. The Kier molecular flexibility index (Phi) is 3.82. The van der Waals surface area contributed by atoms with Crippen LogP contribution in [0.5, 0.6) is 0 Å². The number of hydrogen-bond acceptors (Lipinski definition) is 5. The van der Waals surface area contributed by atoms with Crippen LogP contribution in [0.15, 0.2) is 12.5 Å². The summed E-state index contributed by atoms with van der Waals surface area (Å²) in [5, 5.41) is 11.7. The predicted molar refractivity (Wildman–Crippen MR) is 64.6 cm³/mol. The third-order valence-corrected chi connectivity index (χ3v) is 3.04.